The molecule has 92 valence electrons. The van der Waals surface area contributed by atoms with E-state index < -0.39 is 0 Å². The standard InChI is InChI=1S/C13H24N2O/c1-10(11-6-3-2-4-7-11)15-13(16)12-8-5-9-14-12/h10-12,14H,2-9H2,1H3,(H,15,16)/t10-,12-/m1/s1. The van der Waals surface area contributed by atoms with E-state index in [2.05, 4.69) is 17.6 Å². The van der Waals surface area contributed by atoms with Gasteiger partial charge in [-0.3, -0.25) is 4.79 Å². The molecule has 2 N–H and O–H groups in total. The molecule has 0 aromatic carbocycles. The topological polar surface area (TPSA) is 41.1 Å². The van der Waals surface area contributed by atoms with E-state index in [-0.39, 0.29) is 11.9 Å². The van der Waals surface area contributed by atoms with Gasteiger partial charge in [0.1, 0.15) is 0 Å². The highest BCUT2D eigenvalue weighted by molar-refractivity contribution is 5.82. The Hall–Kier alpha value is -0.570. The molecule has 0 aromatic rings. The number of hydrogen-bond donors (Lipinski definition) is 2. The van der Waals surface area contributed by atoms with Gasteiger partial charge in [0.2, 0.25) is 5.91 Å². The van der Waals surface area contributed by atoms with E-state index in [1.807, 2.05) is 0 Å². The van der Waals surface area contributed by atoms with Gasteiger partial charge in [-0.15, -0.1) is 0 Å². The molecular formula is C13H24N2O. The fourth-order valence-electron chi connectivity index (χ4n) is 2.99. The molecule has 2 rings (SSSR count). The van der Waals surface area contributed by atoms with Gasteiger partial charge in [0.15, 0.2) is 0 Å². The molecular weight excluding hydrogens is 200 g/mol. The van der Waals surface area contributed by atoms with Crippen molar-refractivity contribution in [2.24, 2.45) is 5.92 Å². The van der Waals surface area contributed by atoms with Gasteiger partial charge in [0.25, 0.3) is 0 Å². The molecule has 3 nitrogen and oxygen atoms in total. The Bertz CT molecular complexity index is 230. The Morgan fingerprint density at radius 3 is 2.56 bits per heavy atom. The summed E-state index contributed by atoms with van der Waals surface area (Å²) in [6.07, 6.45) is 8.78. The van der Waals surface area contributed by atoms with Crippen LogP contribution in [0.2, 0.25) is 0 Å². The molecule has 16 heavy (non-hydrogen) atoms. The SMILES string of the molecule is C[C@@H](NC(=O)[C@H]1CCCN1)C1CCCCC1. The Kier molecular flexibility index (Phi) is 4.22. The van der Waals surface area contributed by atoms with E-state index in [4.69, 9.17) is 0 Å². The molecule has 1 aliphatic carbocycles. The highest BCUT2D eigenvalue weighted by Gasteiger charge is 2.26. The van der Waals surface area contributed by atoms with E-state index in [1.165, 1.54) is 32.1 Å². The van der Waals surface area contributed by atoms with Crippen LogP contribution in [0.1, 0.15) is 51.9 Å². The normalized spacial score (nSPS) is 28.9. The van der Waals surface area contributed by atoms with Crippen LogP contribution in [0, 0.1) is 5.92 Å². The van der Waals surface area contributed by atoms with E-state index in [0.717, 1.165) is 19.4 Å². The van der Waals surface area contributed by atoms with Crippen molar-refractivity contribution >= 4 is 5.91 Å². The maximum Gasteiger partial charge on any atom is 0.237 e. The summed E-state index contributed by atoms with van der Waals surface area (Å²) >= 11 is 0. The highest BCUT2D eigenvalue weighted by atomic mass is 16.2. The van der Waals surface area contributed by atoms with Crippen LogP contribution in [-0.2, 0) is 4.79 Å². The van der Waals surface area contributed by atoms with Gasteiger partial charge in [-0.25, -0.2) is 0 Å². The largest absolute Gasteiger partial charge is 0.352 e. The van der Waals surface area contributed by atoms with Crippen molar-refractivity contribution in [3.63, 3.8) is 0 Å². The lowest BCUT2D eigenvalue weighted by atomic mass is 9.84. The number of carbonyl (C=O) groups excluding carboxylic acids is 1. The van der Waals surface area contributed by atoms with Crippen LogP contribution in [0.4, 0.5) is 0 Å². The second kappa shape index (κ2) is 5.67. The van der Waals surface area contributed by atoms with Crippen LogP contribution < -0.4 is 10.6 Å². The molecule has 3 heteroatoms. The summed E-state index contributed by atoms with van der Waals surface area (Å²) in [5, 5.41) is 6.44. The third kappa shape index (κ3) is 2.97. The smallest absolute Gasteiger partial charge is 0.237 e. The van der Waals surface area contributed by atoms with Gasteiger partial charge in [-0.1, -0.05) is 19.3 Å². The number of hydrogen-bond acceptors (Lipinski definition) is 2. The van der Waals surface area contributed by atoms with Crippen molar-refractivity contribution in [2.75, 3.05) is 6.54 Å². The van der Waals surface area contributed by atoms with Crippen LogP contribution in [0.15, 0.2) is 0 Å². The van der Waals surface area contributed by atoms with Gasteiger partial charge in [0, 0.05) is 6.04 Å². The minimum Gasteiger partial charge on any atom is -0.352 e. The Balaban J connectivity index is 1.76. The lowest BCUT2D eigenvalue weighted by Gasteiger charge is -2.29. The number of nitrogens with one attached hydrogen (secondary N) is 2. The summed E-state index contributed by atoms with van der Waals surface area (Å²) in [5.74, 6) is 0.926. The number of amides is 1. The number of carbonyl (C=O) groups is 1. The third-order valence-corrected chi connectivity index (χ3v) is 4.10. The Morgan fingerprint density at radius 2 is 1.94 bits per heavy atom. The molecule has 1 amide bonds. The van der Waals surface area contributed by atoms with Gasteiger partial charge in [-0.2, -0.15) is 0 Å². The molecule has 0 radical (unpaired) electrons. The molecule has 0 bridgehead atoms. The zero-order valence-electron chi connectivity index (χ0n) is 10.3. The van der Waals surface area contributed by atoms with Gasteiger partial charge in [-0.05, 0) is 45.1 Å². The molecule has 1 heterocycles. The van der Waals surface area contributed by atoms with E-state index in [9.17, 15) is 4.79 Å². The molecule has 1 saturated carbocycles. The summed E-state index contributed by atoms with van der Waals surface area (Å²) < 4.78 is 0. The summed E-state index contributed by atoms with van der Waals surface area (Å²) in [4.78, 5) is 11.9. The highest BCUT2D eigenvalue weighted by Crippen LogP contribution is 2.26. The van der Waals surface area contributed by atoms with Crippen molar-refractivity contribution in [3.05, 3.63) is 0 Å². The van der Waals surface area contributed by atoms with Gasteiger partial charge >= 0.3 is 0 Å². The van der Waals surface area contributed by atoms with Crippen molar-refractivity contribution in [2.45, 2.75) is 64.0 Å². The molecule has 2 atom stereocenters. The van der Waals surface area contributed by atoms with Crippen molar-refractivity contribution in [3.8, 4) is 0 Å². The molecule has 2 fully saturated rings. The average molecular weight is 224 g/mol. The van der Waals surface area contributed by atoms with Crippen molar-refractivity contribution < 1.29 is 4.79 Å². The fraction of sp³-hybridized carbons (Fsp3) is 0.923. The first-order valence-corrected chi connectivity index (χ1v) is 6.81. The van der Waals surface area contributed by atoms with Crippen LogP contribution in [0.25, 0.3) is 0 Å². The monoisotopic (exact) mass is 224 g/mol. The minimum atomic E-state index is 0.0750. The lowest BCUT2D eigenvalue weighted by Crippen LogP contribution is -2.46. The van der Waals surface area contributed by atoms with Gasteiger partial charge in [0.05, 0.1) is 6.04 Å². The maximum atomic E-state index is 11.9. The first kappa shape index (κ1) is 11.9. The van der Waals surface area contributed by atoms with Crippen LogP contribution >= 0.6 is 0 Å². The predicted octanol–water partition coefficient (Wildman–Crippen LogP) is 1.82. The maximum absolute atomic E-state index is 11.9. The van der Waals surface area contributed by atoms with E-state index in [0.29, 0.717) is 12.0 Å². The molecule has 0 unspecified atom stereocenters. The first-order valence-electron chi connectivity index (χ1n) is 6.81. The van der Waals surface area contributed by atoms with E-state index in [1.54, 1.807) is 0 Å². The summed E-state index contributed by atoms with van der Waals surface area (Å²) in [7, 11) is 0. The average Bonchev–Trinajstić information content (AvgIpc) is 2.83. The molecule has 1 aliphatic heterocycles. The second-order valence-corrected chi connectivity index (χ2v) is 5.34. The second-order valence-electron chi connectivity index (χ2n) is 5.34. The fourth-order valence-corrected chi connectivity index (χ4v) is 2.99. The molecule has 2 aliphatic rings. The van der Waals surface area contributed by atoms with Gasteiger partial charge < -0.3 is 10.6 Å². The molecule has 0 aromatic heterocycles. The van der Waals surface area contributed by atoms with E-state index >= 15 is 0 Å². The summed E-state index contributed by atoms with van der Waals surface area (Å²) in [6.45, 7) is 3.17. The Labute approximate surface area is 98.4 Å². The van der Waals surface area contributed by atoms with Crippen molar-refractivity contribution in [1.29, 1.82) is 0 Å². The molecule has 1 saturated heterocycles. The van der Waals surface area contributed by atoms with Crippen LogP contribution in [-0.4, -0.2) is 24.5 Å². The van der Waals surface area contributed by atoms with Crippen LogP contribution in [0.3, 0.4) is 0 Å². The predicted molar refractivity (Wildman–Crippen MR) is 65.2 cm³/mol. The number of rotatable bonds is 3. The van der Waals surface area contributed by atoms with Crippen LogP contribution in [0.5, 0.6) is 0 Å². The first-order chi connectivity index (χ1) is 7.77. The lowest BCUT2D eigenvalue weighted by molar-refractivity contribution is -0.123. The third-order valence-electron chi connectivity index (χ3n) is 4.10. The summed E-state index contributed by atoms with van der Waals surface area (Å²) in [6, 6.07) is 0.432. The Morgan fingerprint density at radius 1 is 1.19 bits per heavy atom. The minimum absolute atomic E-state index is 0.0750. The quantitative estimate of drug-likeness (QED) is 0.768. The van der Waals surface area contributed by atoms with Crippen molar-refractivity contribution in [1.82, 2.24) is 10.6 Å². The zero-order valence-corrected chi connectivity index (χ0v) is 10.3. The summed E-state index contributed by atoms with van der Waals surface area (Å²) in [5.41, 5.74) is 0. The molecule has 0 spiro atoms. The zero-order chi connectivity index (χ0) is 11.4.